The van der Waals surface area contributed by atoms with Gasteiger partial charge in [-0.15, -0.1) is 0 Å². The van der Waals surface area contributed by atoms with E-state index in [0.717, 1.165) is 35.6 Å². The van der Waals surface area contributed by atoms with Gasteiger partial charge in [0.1, 0.15) is 24.1 Å². The molecular formula is C31H36ClN3O6S. The largest absolute Gasteiger partial charge is 0.497 e. The van der Waals surface area contributed by atoms with Gasteiger partial charge in [-0.2, -0.15) is 0 Å². The number of nitrogens with zero attached hydrogens (tertiary/aromatic N) is 2. The molecule has 0 spiro atoms. The van der Waals surface area contributed by atoms with E-state index in [1.54, 1.807) is 56.5 Å². The van der Waals surface area contributed by atoms with Gasteiger partial charge >= 0.3 is 0 Å². The van der Waals surface area contributed by atoms with E-state index in [2.05, 4.69) is 5.32 Å². The Bertz CT molecular complexity index is 1500. The molecule has 0 saturated heterocycles. The number of nitrogens with one attached hydrogen (secondary N) is 1. The Labute approximate surface area is 252 Å². The first-order valence-electron chi connectivity index (χ1n) is 13.8. The van der Waals surface area contributed by atoms with Gasteiger partial charge in [0.2, 0.25) is 11.8 Å². The molecule has 3 aromatic rings. The number of benzene rings is 3. The molecule has 1 aliphatic carbocycles. The molecule has 0 heterocycles. The Morgan fingerprint density at radius 1 is 0.976 bits per heavy atom. The summed E-state index contributed by atoms with van der Waals surface area (Å²) < 4.78 is 39.4. The van der Waals surface area contributed by atoms with Gasteiger partial charge in [-0.25, -0.2) is 8.42 Å². The number of anilines is 1. The highest BCUT2D eigenvalue weighted by Crippen LogP contribution is 2.32. The molecule has 1 aliphatic rings. The van der Waals surface area contributed by atoms with Gasteiger partial charge < -0.3 is 19.7 Å². The van der Waals surface area contributed by atoms with Crippen molar-refractivity contribution >= 4 is 39.1 Å². The lowest BCUT2D eigenvalue weighted by molar-refractivity contribution is -0.139. The standard InChI is InChI=1S/C31H36ClN3O6S/c1-22(31(37)33-24-11-7-8-12-24)34(20-23-10-9-13-26(18-23)40-2)30(36)21-35(25-16-17-29(41-3)28(32)19-25)42(38,39)27-14-5-4-6-15-27/h4-6,9-10,13-19,22,24H,7-8,11-12,20-21H2,1-3H3,(H,33,37)/t22-/m0/s1. The first-order chi connectivity index (χ1) is 20.1. The summed E-state index contributed by atoms with van der Waals surface area (Å²) in [5.74, 6) is 0.117. The fourth-order valence-corrected chi connectivity index (χ4v) is 6.68. The highest BCUT2D eigenvalue weighted by atomic mass is 35.5. The molecule has 0 aromatic heterocycles. The molecule has 4 rings (SSSR count). The molecule has 1 N–H and O–H groups in total. The number of hydrogen-bond acceptors (Lipinski definition) is 6. The summed E-state index contributed by atoms with van der Waals surface area (Å²) in [6.07, 6.45) is 3.87. The second kappa shape index (κ2) is 13.9. The molecule has 3 aromatic carbocycles. The third kappa shape index (κ3) is 7.35. The number of ether oxygens (including phenoxy) is 2. The van der Waals surface area contributed by atoms with Crippen LogP contribution in [0.15, 0.2) is 77.7 Å². The maximum absolute atomic E-state index is 14.1. The Kier molecular flexibility index (Phi) is 10.3. The number of hydrogen-bond donors (Lipinski definition) is 1. The molecule has 11 heteroatoms. The first kappa shape index (κ1) is 31.2. The number of carbonyl (C=O) groups excluding carboxylic acids is 2. The van der Waals surface area contributed by atoms with Gasteiger partial charge in [-0.1, -0.05) is 54.8 Å². The van der Waals surface area contributed by atoms with Crippen LogP contribution in [0.3, 0.4) is 0 Å². The van der Waals surface area contributed by atoms with Crippen molar-refractivity contribution in [2.45, 2.75) is 56.1 Å². The van der Waals surface area contributed by atoms with E-state index >= 15 is 0 Å². The Hall–Kier alpha value is -3.76. The SMILES string of the molecule is COc1cccc(CN(C(=O)CN(c2ccc(OC)c(Cl)c2)S(=O)(=O)c2ccccc2)[C@@H](C)C(=O)NC2CCCC2)c1. The van der Waals surface area contributed by atoms with Gasteiger partial charge in [0.15, 0.2) is 0 Å². The fourth-order valence-electron chi connectivity index (χ4n) is 5.00. The lowest BCUT2D eigenvalue weighted by Crippen LogP contribution is -2.52. The van der Waals surface area contributed by atoms with Crippen molar-refractivity contribution < 1.29 is 27.5 Å². The van der Waals surface area contributed by atoms with Crippen molar-refractivity contribution in [3.8, 4) is 11.5 Å². The normalized spacial score (nSPS) is 14.2. The van der Waals surface area contributed by atoms with Crippen molar-refractivity contribution in [3.05, 3.63) is 83.4 Å². The predicted octanol–water partition coefficient (Wildman–Crippen LogP) is 5.03. The van der Waals surface area contributed by atoms with E-state index in [1.807, 2.05) is 6.07 Å². The van der Waals surface area contributed by atoms with Crippen LogP contribution in [0.2, 0.25) is 5.02 Å². The van der Waals surface area contributed by atoms with Crippen LogP contribution in [0.25, 0.3) is 0 Å². The maximum atomic E-state index is 14.1. The average Bonchev–Trinajstić information content (AvgIpc) is 3.51. The van der Waals surface area contributed by atoms with Gasteiger partial charge in [0.25, 0.3) is 10.0 Å². The van der Waals surface area contributed by atoms with Crippen molar-refractivity contribution in [1.29, 1.82) is 0 Å². The van der Waals surface area contributed by atoms with Crippen LogP contribution < -0.4 is 19.1 Å². The zero-order chi connectivity index (χ0) is 30.3. The molecule has 0 radical (unpaired) electrons. The number of carbonyl (C=O) groups is 2. The van der Waals surface area contributed by atoms with Crippen LogP contribution in [-0.4, -0.2) is 58.0 Å². The Morgan fingerprint density at radius 3 is 2.33 bits per heavy atom. The summed E-state index contributed by atoms with van der Waals surface area (Å²) in [6, 6.07) is 18.7. The summed E-state index contributed by atoms with van der Waals surface area (Å²) >= 11 is 6.37. The van der Waals surface area contributed by atoms with Crippen LogP contribution >= 0.6 is 11.6 Å². The summed E-state index contributed by atoms with van der Waals surface area (Å²) in [5.41, 5.74) is 0.913. The molecule has 224 valence electrons. The Morgan fingerprint density at radius 2 is 1.69 bits per heavy atom. The Balaban J connectivity index is 1.71. The second-order valence-electron chi connectivity index (χ2n) is 10.2. The third-order valence-corrected chi connectivity index (χ3v) is 9.47. The monoisotopic (exact) mass is 613 g/mol. The quantitative estimate of drug-likeness (QED) is 0.307. The first-order valence-corrected chi connectivity index (χ1v) is 15.6. The molecule has 1 atom stereocenters. The van der Waals surface area contributed by atoms with E-state index in [4.69, 9.17) is 21.1 Å². The minimum atomic E-state index is -4.20. The summed E-state index contributed by atoms with van der Waals surface area (Å²) in [7, 11) is -1.20. The number of methoxy groups -OCH3 is 2. The summed E-state index contributed by atoms with van der Waals surface area (Å²) in [4.78, 5) is 28.9. The molecular weight excluding hydrogens is 578 g/mol. The molecule has 1 saturated carbocycles. The number of amides is 2. The molecule has 42 heavy (non-hydrogen) atoms. The van der Waals surface area contributed by atoms with E-state index in [1.165, 1.54) is 36.3 Å². The molecule has 1 fully saturated rings. The van der Waals surface area contributed by atoms with Crippen LogP contribution in [-0.2, 0) is 26.2 Å². The number of sulfonamides is 1. The van der Waals surface area contributed by atoms with Crippen molar-refractivity contribution in [2.75, 3.05) is 25.1 Å². The van der Waals surface area contributed by atoms with Gasteiger partial charge in [-0.3, -0.25) is 13.9 Å². The van der Waals surface area contributed by atoms with Crippen LogP contribution in [0.4, 0.5) is 5.69 Å². The summed E-state index contributed by atoms with van der Waals surface area (Å²) in [5, 5.41) is 3.25. The minimum Gasteiger partial charge on any atom is -0.497 e. The molecule has 0 aliphatic heterocycles. The second-order valence-corrected chi connectivity index (χ2v) is 12.5. The maximum Gasteiger partial charge on any atom is 0.264 e. The molecule has 0 unspecified atom stereocenters. The lowest BCUT2D eigenvalue weighted by atomic mass is 10.1. The van der Waals surface area contributed by atoms with E-state index in [9.17, 15) is 18.0 Å². The van der Waals surface area contributed by atoms with Crippen molar-refractivity contribution in [2.24, 2.45) is 0 Å². The minimum absolute atomic E-state index is 0.0103. The zero-order valence-electron chi connectivity index (χ0n) is 24.0. The van der Waals surface area contributed by atoms with E-state index in [0.29, 0.717) is 11.5 Å². The van der Waals surface area contributed by atoms with Gasteiger partial charge in [-0.05, 0) is 67.8 Å². The van der Waals surface area contributed by atoms with E-state index < -0.39 is 28.5 Å². The lowest BCUT2D eigenvalue weighted by Gasteiger charge is -2.32. The average molecular weight is 614 g/mol. The highest BCUT2D eigenvalue weighted by molar-refractivity contribution is 7.92. The molecule has 9 nitrogen and oxygen atoms in total. The summed E-state index contributed by atoms with van der Waals surface area (Å²) in [6.45, 7) is 1.16. The van der Waals surface area contributed by atoms with Gasteiger partial charge in [0.05, 0.1) is 29.8 Å². The molecule has 0 bridgehead atoms. The van der Waals surface area contributed by atoms with E-state index in [-0.39, 0.29) is 34.1 Å². The fraction of sp³-hybridized carbons (Fsp3) is 0.355. The number of rotatable bonds is 12. The predicted molar refractivity (Wildman–Crippen MR) is 162 cm³/mol. The smallest absolute Gasteiger partial charge is 0.264 e. The number of halogens is 1. The van der Waals surface area contributed by atoms with Crippen LogP contribution in [0.5, 0.6) is 11.5 Å². The highest BCUT2D eigenvalue weighted by Gasteiger charge is 2.33. The van der Waals surface area contributed by atoms with Crippen molar-refractivity contribution in [1.82, 2.24) is 10.2 Å². The van der Waals surface area contributed by atoms with Crippen molar-refractivity contribution in [3.63, 3.8) is 0 Å². The zero-order valence-corrected chi connectivity index (χ0v) is 25.5. The third-order valence-electron chi connectivity index (χ3n) is 7.39. The van der Waals surface area contributed by atoms with Crippen LogP contribution in [0.1, 0.15) is 38.2 Å². The topological polar surface area (TPSA) is 105 Å². The molecule has 2 amide bonds. The van der Waals surface area contributed by atoms with Crippen LogP contribution in [0, 0.1) is 0 Å². The van der Waals surface area contributed by atoms with Gasteiger partial charge in [0, 0.05) is 12.6 Å².